The molecule has 0 saturated carbocycles. The highest BCUT2D eigenvalue weighted by Gasteiger charge is 2.08. The van der Waals surface area contributed by atoms with E-state index in [1.54, 1.807) is 43.5 Å². The van der Waals surface area contributed by atoms with E-state index in [1.807, 2.05) is 54.6 Å². The van der Waals surface area contributed by atoms with E-state index in [-0.39, 0.29) is 6.61 Å². The van der Waals surface area contributed by atoms with Gasteiger partial charge in [0, 0.05) is 0 Å². The number of ether oxygens (including phenoxy) is 4. The molecular formula is C26H22O5. The van der Waals surface area contributed by atoms with Crippen molar-refractivity contribution in [3.63, 3.8) is 0 Å². The third-order valence-corrected chi connectivity index (χ3v) is 4.68. The normalized spacial score (nSPS) is 10.5. The summed E-state index contributed by atoms with van der Waals surface area (Å²) in [7, 11) is 1.62. The lowest BCUT2D eigenvalue weighted by Gasteiger charge is -2.09. The van der Waals surface area contributed by atoms with Gasteiger partial charge in [-0.3, -0.25) is 0 Å². The molecule has 156 valence electrons. The van der Waals surface area contributed by atoms with Crippen LogP contribution in [0.1, 0.15) is 5.56 Å². The van der Waals surface area contributed by atoms with Gasteiger partial charge in [0.25, 0.3) is 0 Å². The number of hydrogen-bond acceptors (Lipinski definition) is 5. The summed E-state index contributed by atoms with van der Waals surface area (Å²) in [5, 5.41) is 1.96. The summed E-state index contributed by atoms with van der Waals surface area (Å²) in [5.41, 5.74) is 1.10. The van der Waals surface area contributed by atoms with Crippen LogP contribution in [-0.4, -0.2) is 19.7 Å². The van der Waals surface area contributed by atoms with Gasteiger partial charge in [-0.25, -0.2) is 4.79 Å². The van der Waals surface area contributed by atoms with Crippen LogP contribution >= 0.6 is 0 Å². The predicted octanol–water partition coefficient (Wildman–Crippen LogP) is 5.41. The molecule has 0 aromatic heterocycles. The second kappa shape index (κ2) is 9.67. The van der Waals surface area contributed by atoms with E-state index in [4.69, 9.17) is 18.9 Å². The molecule has 0 aliphatic heterocycles. The summed E-state index contributed by atoms with van der Waals surface area (Å²) >= 11 is 0. The van der Waals surface area contributed by atoms with Gasteiger partial charge in [0.15, 0.2) is 6.61 Å². The molecule has 0 aliphatic rings. The van der Waals surface area contributed by atoms with E-state index in [9.17, 15) is 4.79 Å². The van der Waals surface area contributed by atoms with Gasteiger partial charge in [0.2, 0.25) is 0 Å². The molecule has 0 amide bonds. The number of carbonyl (C=O) groups is 1. The molecule has 4 rings (SSSR count). The molecule has 0 atom stereocenters. The van der Waals surface area contributed by atoms with E-state index in [0.29, 0.717) is 18.1 Å². The molecule has 0 unspecified atom stereocenters. The summed E-state index contributed by atoms with van der Waals surface area (Å²) in [5.74, 6) is 2.01. The van der Waals surface area contributed by atoms with E-state index >= 15 is 0 Å². The first-order chi connectivity index (χ1) is 15.2. The highest BCUT2D eigenvalue weighted by molar-refractivity contribution is 5.86. The minimum Gasteiger partial charge on any atom is -0.497 e. The maximum atomic E-state index is 12.2. The van der Waals surface area contributed by atoms with Crippen molar-refractivity contribution in [2.24, 2.45) is 0 Å². The zero-order chi connectivity index (χ0) is 21.5. The van der Waals surface area contributed by atoms with Gasteiger partial charge in [-0.2, -0.15) is 0 Å². The fourth-order valence-corrected chi connectivity index (χ4v) is 3.07. The molecule has 5 heteroatoms. The van der Waals surface area contributed by atoms with Gasteiger partial charge in [-0.05, 0) is 64.9 Å². The van der Waals surface area contributed by atoms with Crippen molar-refractivity contribution in [2.45, 2.75) is 6.61 Å². The van der Waals surface area contributed by atoms with Crippen LogP contribution < -0.4 is 18.9 Å². The summed E-state index contributed by atoms with van der Waals surface area (Å²) in [6, 6.07) is 28.3. The number of hydrogen-bond donors (Lipinski definition) is 0. The summed E-state index contributed by atoms with van der Waals surface area (Å²) in [4.78, 5) is 12.2. The molecule has 0 radical (unpaired) electrons. The monoisotopic (exact) mass is 414 g/mol. The minimum atomic E-state index is -0.480. The summed E-state index contributed by atoms with van der Waals surface area (Å²) < 4.78 is 21.9. The van der Waals surface area contributed by atoms with Crippen LogP contribution in [0.5, 0.6) is 23.0 Å². The second-order valence-electron chi connectivity index (χ2n) is 6.88. The minimum absolute atomic E-state index is 0.194. The fourth-order valence-electron chi connectivity index (χ4n) is 3.07. The maximum Gasteiger partial charge on any atom is 0.349 e. The molecule has 0 heterocycles. The van der Waals surface area contributed by atoms with Crippen molar-refractivity contribution in [2.75, 3.05) is 13.7 Å². The van der Waals surface area contributed by atoms with Crippen LogP contribution in [0.15, 0.2) is 91.0 Å². The van der Waals surface area contributed by atoms with Crippen LogP contribution in [-0.2, 0) is 11.4 Å². The maximum absolute atomic E-state index is 12.2. The smallest absolute Gasteiger partial charge is 0.349 e. The Kier molecular flexibility index (Phi) is 6.33. The molecule has 4 aromatic carbocycles. The van der Waals surface area contributed by atoms with Crippen molar-refractivity contribution < 1.29 is 23.7 Å². The standard InChI is InChI=1S/C26H22O5/c1-28-24-9-7-20-8-10-25(16-21(20)15-24)31-26(27)18-30-23-13-11-22(12-14-23)29-17-19-5-3-2-4-6-19/h2-16H,17-18H2,1H3. The van der Waals surface area contributed by atoms with Gasteiger partial charge in [-0.15, -0.1) is 0 Å². The van der Waals surface area contributed by atoms with Crippen molar-refractivity contribution in [3.8, 4) is 23.0 Å². The van der Waals surface area contributed by atoms with E-state index < -0.39 is 5.97 Å². The Balaban J connectivity index is 1.29. The molecular weight excluding hydrogens is 392 g/mol. The van der Waals surface area contributed by atoms with Crippen LogP contribution in [0, 0.1) is 0 Å². The number of carbonyl (C=O) groups excluding carboxylic acids is 1. The van der Waals surface area contributed by atoms with E-state index in [2.05, 4.69) is 0 Å². The quantitative estimate of drug-likeness (QED) is 0.285. The number of rotatable bonds is 8. The molecule has 31 heavy (non-hydrogen) atoms. The third-order valence-electron chi connectivity index (χ3n) is 4.68. The molecule has 4 aromatic rings. The Morgan fingerprint density at radius 1 is 0.677 bits per heavy atom. The fraction of sp³-hybridized carbons (Fsp3) is 0.115. The number of methoxy groups -OCH3 is 1. The summed E-state index contributed by atoms with van der Waals surface area (Å²) in [6.07, 6.45) is 0. The third kappa shape index (κ3) is 5.54. The van der Waals surface area contributed by atoms with Crippen molar-refractivity contribution >= 4 is 16.7 Å². The largest absolute Gasteiger partial charge is 0.497 e. The highest BCUT2D eigenvalue weighted by Crippen LogP contribution is 2.25. The van der Waals surface area contributed by atoms with Crippen LogP contribution in [0.4, 0.5) is 0 Å². The van der Waals surface area contributed by atoms with Gasteiger partial charge < -0.3 is 18.9 Å². The van der Waals surface area contributed by atoms with Gasteiger partial charge in [-0.1, -0.05) is 42.5 Å². The second-order valence-corrected chi connectivity index (χ2v) is 6.88. The first kappa shape index (κ1) is 20.3. The molecule has 5 nitrogen and oxygen atoms in total. The predicted molar refractivity (Wildman–Crippen MR) is 119 cm³/mol. The van der Waals surface area contributed by atoms with Crippen LogP contribution in [0.3, 0.4) is 0 Å². The SMILES string of the molecule is COc1ccc2ccc(OC(=O)COc3ccc(OCc4ccccc4)cc3)cc2c1. The van der Waals surface area contributed by atoms with E-state index in [1.165, 1.54) is 0 Å². The Morgan fingerprint density at radius 2 is 1.29 bits per heavy atom. The van der Waals surface area contributed by atoms with Crippen molar-refractivity contribution in [1.29, 1.82) is 0 Å². The summed E-state index contributed by atoms with van der Waals surface area (Å²) in [6.45, 7) is 0.297. The van der Waals surface area contributed by atoms with E-state index in [0.717, 1.165) is 27.8 Å². The Labute approximate surface area is 180 Å². The molecule has 0 aliphatic carbocycles. The lowest BCUT2D eigenvalue weighted by molar-refractivity contribution is -0.136. The van der Waals surface area contributed by atoms with Crippen molar-refractivity contribution in [3.05, 3.63) is 96.6 Å². The highest BCUT2D eigenvalue weighted by atomic mass is 16.6. The Morgan fingerprint density at radius 3 is 2.00 bits per heavy atom. The van der Waals surface area contributed by atoms with Gasteiger partial charge in [0.05, 0.1) is 7.11 Å². The Bertz CT molecular complexity index is 1150. The van der Waals surface area contributed by atoms with Crippen molar-refractivity contribution in [1.82, 2.24) is 0 Å². The zero-order valence-electron chi connectivity index (χ0n) is 17.1. The van der Waals surface area contributed by atoms with Crippen LogP contribution in [0.25, 0.3) is 10.8 Å². The topological polar surface area (TPSA) is 54.0 Å². The van der Waals surface area contributed by atoms with Gasteiger partial charge in [0.1, 0.15) is 29.6 Å². The number of benzene rings is 4. The average Bonchev–Trinajstić information content (AvgIpc) is 2.82. The van der Waals surface area contributed by atoms with Crippen LogP contribution in [0.2, 0.25) is 0 Å². The lowest BCUT2D eigenvalue weighted by atomic mass is 10.1. The molecule has 0 N–H and O–H groups in total. The number of fused-ring (bicyclic) bond motifs is 1. The lowest BCUT2D eigenvalue weighted by Crippen LogP contribution is -2.17. The first-order valence-corrected chi connectivity index (χ1v) is 9.88. The first-order valence-electron chi connectivity index (χ1n) is 9.88. The molecule has 0 spiro atoms. The molecule has 0 bridgehead atoms. The molecule has 0 fully saturated rings. The average molecular weight is 414 g/mol. The molecule has 0 saturated heterocycles. The number of esters is 1. The van der Waals surface area contributed by atoms with Gasteiger partial charge >= 0.3 is 5.97 Å². The Hall–Kier alpha value is -3.99. The zero-order valence-corrected chi connectivity index (χ0v) is 17.1.